The first-order chi connectivity index (χ1) is 35.8. The molecule has 2 aliphatic rings. The zero-order valence-electron chi connectivity index (χ0n) is 41.4. The number of likely N-dealkylation sites (tertiary alicyclic amines) is 2. The van der Waals surface area contributed by atoms with Gasteiger partial charge in [0.1, 0.15) is 50.1 Å². The Morgan fingerprint density at radius 2 is 1.01 bits per heavy atom. The molecule has 2 fully saturated rings. The van der Waals surface area contributed by atoms with Crippen LogP contribution in [0.15, 0.2) is 121 Å². The molecular weight excluding hydrogens is 986 g/mol. The number of hydrogen-bond donors (Lipinski definition) is 2. The Bertz CT molecular complexity index is 3260. The zero-order chi connectivity index (χ0) is 51.9. The van der Waals surface area contributed by atoms with Crippen molar-refractivity contribution < 1.29 is 51.9 Å². The maximum atomic E-state index is 13.9. The number of thiophene rings is 2. The van der Waals surface area contributed by atoms with Gasteiger partial charge in [0.2, 0.25) is 11.6 Å². The lowest BCUT2D eigenvalue weighted by atomic mass is 10.0. The molecule has 10 nitrogen and oxygen atoms in total. The van der Waals surface area contributed by atoms with Gasteiger partial charge in [-0.05, 0) is 142 Å². The predicted octanol–water partition coefficient (Wildman–Crippen LogP) is 13.7. The van der Waals surface area contributed by atoms with E-state index < -0.39 is 5.82 Å². The molecule has 74 heavy (non-hydrogen) atoms. The number of ether oxygens (including phenoxy) is 4. The number of rotatable bonds is 20. The molecule has 4 heterocycles. The Hall–Kier alpha value is -6.91. The molecule has 0 amide bonds. The number of nitrogens with zero attached hydrogens (tertiary/aromatic N) is 2. The molecule has 2 saturated heterocycles. The smallest absolute Gasteiger partial charge is 0.207 e. The number of halogens is 3. The van der Waals surface area contributed by atoms with Crippen molar-refractivity contribution in [3.63, 3.8) is 0 Å². The van der Waals surface area contributed by atoms with Crippen molar-refractivity contribution in [2.75, 3.05) is 65.8 Å². The largest absolute Gasteiger partial charge is 0.508 e. The Balaban J connectivity index is 0.000000182. The van der Waals surface area contributed by atoms with Crippen LogP contribution in [0, 0.1) is 38.4 Å². The summed E-state index contributed by atoms with van der Waals surface area (Å²) >= 11 is 2.51. The number of aryl methyl sites for hydroxylation is 3. The van der Waals surface area contributed by atoms with E-state index in [4.69, 9.17) is 18.9 Å². The van der Waals surface area contributed by atoms with Gasteiger partial charge in [-0.3, -0.25) is 18.4 Å². The van der Waals surface area contributed by atoms with E-state index in [9.17, 15) is 33.0 Å². The van der Waals surface area contributed by atoms with Crippen LogP contribution in [0.25, 0.3) is 20.2 Å². The number of aromatic hydroxyl groups is 2. The van der Waals surface area contributed by atoms with Crippen LogP contribution < -0.4 is 18.9 Å². The molecule has 8 aromatic rings. The summed E-state index contributed by atoms with van der Waals surface area (Å²) in [6.45, 7) is 11.5. The van der Waals surface area contributed by atoms with E-state index in [1.165, 1.54) is 34.8 Å². The van der Waals surface area contributed by atoms with Gasteiger partial charge < -0.3 is 39.0 Å². The van der Waals surface area contributed by atoms with Crippen LogP contribution in [-0.4, -0.2) is 97.4 Å². The fourth-order valence-corrected chi connectivity index (χ4v) is 11.3. The van der Waals surface area contributed by atoms with Crippen molar-refractivity contribution in [1.82, 2.24) is 9.80 Å². The SMILES string of the molecule is Cc1ccc(C(=O)c2sc3cc(O)ccc3c2Oc2ccc(OCCCN3CC(CF)C3)cc2)c(C)c1.Cc1ccc(F)cc1C(=O)c1sc2cc(O)ccc2c1Oc1ccc(OCCCN2CC(CF)C2)cc1. The number of alkyl halides is 2. The van der Waals surface area contributed by atoms with E-state index in [0.29, 0.717) is 72.9 Å². The molecule has 0 bridgehead atoms. The van der Waals surface area contributed by atoms with Crippen molar-refractivity contribution in [2.45, 2.75) is 33.6 Å². The summed E-state index contributed by atoms with van der Waals surface area (Å²) in [7, 11) is 0. The maximum Gasteiger partial charge on any atom is 0.207 e. The molecule has 15 heteroatoms. The fraction of sp³-hybridized carbons (Fsp3) is 0.288. The van der Waals surface area contributed by atoms with E-state index in [2.05, 4.69) is 9.80 Å². The van der Waals surface area contributed by atoms with Gasteiger partial charge >= 0.3 is 0 Å². The normalized spacial score (nSPS) is 14.0. The summed E-state index contributed by atoms with van der Waals surface area (Å²) < 4.78 is 64.6. The van der Waals surface area contributed by atoms with Crippen molar-refractivity contribution in [3.8, 4) is 46.0 Å². The molecule has 2 N–H and O–H groups in total. The monoisotopic (exact) mass is 1040 g/mol. The molecule has 2 aromatic heterocycles. The van der Waals surface area contributed by atoms with Gasteiger partial charge in [0.15, 0.2) is 11.5 Å². The van der Waals surface area contributed by atoms with Crippen LogP contribution in [0.1, 0.15) is 60.0 Å². The fourth-order valence-electron chi connectivity index (χ4n) is 9.09. The predicted molar refractivity (Wildman–Crippen MR) is 286 cm³/mol. The number of carbonyl (C=O) groups is 2. The minimum absolute atomic E-state index is 0.0825. The first-order valence-corrected chi connectivity index (χ1v) is 26.3. The molecule has 2 aliphatic heterocycles. The molecule has 10 rings (SSSR count). The van der Waals surface area contributed by atoms with Gasteiger partial charge in [-0.15, -0.1) is 22.7 Å². The third-order valence-corrected chi connectivity index (χ3v) is 15.4. The highest BCUT2D eigenvalue weighted by atomic mass is 32.1. The van der Waals surface area contributed by atoms with E-state index in [1.807, 2.05) is 56.3 Å². The van der Waals surface area contributed by atoms with Crippen LogP contribution in [0.2, 0.25) is 0 Å². The molecule has 384 valence electrons. The minimum atomic E-state index is -0.486. The summed E-state index contributed by atoms with van der Waals surface area (Å²) in [6, 6.07) is 34.3. The van der Waals surface area contributed by atoms with E-state index in [1.54, 1.807) is 73.7 Å². The molecular formula is C59H57F3N2O8S2. The number of fused-ring (bicyclic) bond motifs is 2. The van der Waals surface area contributed by atoms with Crippen molar-refractivity contribution >= 4 is 54.4 Å². The molecule has 0 radical (unpaired) electrons. The highest BCUT2D eigenvalue weighted by Crippen LogP contribution is 2.45. The van der Waals surface area contributed by atoms with Crippen molar-refractivity contribution in [2.24, 2.45) is 11.8 Å². The average Bonchev–Trinajstić information content (AvgIpc) is 3.90. The third-order valence-electron chi connectivity index (χ3n) is 13.1. The second-order valence-electron chi connectivity index (χ2n) is 18.9. The van der Waals surface area contributed by atoms with E-state index in [-0.39, 0.29) is 53.8 Å². The summed E-state index contributed by atoms with van der Waals surface area (Å²) in [5, 5.41) is 21.4. The van der Waals surface area contributed by atoms with Crippen LogP contribution in [0.4, 0.5) is 13.2 Å². The Labute approximate surface area is 436 Å². The van der Waals surface area contributed by atoms with Crippen LogP contribution >= 0.6 is 22.7 Å². The number of ketones is 2. The van der Waals surface area contributed by atoms with Crippen molar-refractivity contribution in [3.05, 3.63) is 165 Å². The van der Waals surface area contributed by atoms with Gasteiger partial charge in [0.05, 0.1) is 26.6 Å². The first-order valence-electron chi connectivity index (χ1n) is 24.6. The Morgan fingerprint density at radius 1 is 0.554 bits per heavy atom. The second-order valence-corrected chi connectivity index (χ2v) is 21.0. The highest BCUT2D eigenvalue weighted by Gasteiger charge is 2.28. The van der Waals surface area contributed by atoms with E-state index in [0.717, 1.165) is 79.1 Å². The van der Waals surface area contributed by atoms with Crippen LogP contribution in [0.3, 0.4) is 0 Å². The molecule has 0 saturated carbocycles. The highest BCUT2D eigenvalue weighted by molar-refractivity contribution is 7.22. The lowest BCUT2D eigenvalue weighted by Gasteiger charge is -2.37. The number of carbonyl (C=O) groups excluding carboxylic acids is 2. The third kappa shape index (κ3) is 12.4. The minimum Gasteiger partial charge on any atom is -0.508 e. The van der Waals surface area contributed by atoms with Gasteiger partial charge in [0, 0.05) is 82.4 Å². The summed E-state index contributed by atoms with van der Waals surface area (Å²) in [4.78, 5) is 32.3. The number of benzene rings is 6. The first kappa shape index (κ1) is 52.0. The maximum absolute atomic E-state index is 13.9. The van der Waals surface area contributed by atoms with Gasteiger partial charge in [-0.2, -0.15) is 0 Å². The molecule has 0 unspecified atom stereocenters. The molecule has 0 spiro atoms. The van der Waals surface area contributed by atoms with Crippen LogP contribution in [-0.2, 0) is 0 Å². The summed E-state index contributed by atoms with van der Waals surface area (Å²) in [5.74, 6) is 3.08. The lowest BCUT2D eigenvalue weighted by Crippen LogP contribution is -2.48. The number of phenolic OH excluding ortho intramolecular Hbond substituents is 2. The van der Waals surface area contributed by atoms with Crippen LogP contribution in [0.5, 0.6) is 46.0 Å². The molecule has 0 atom stereocenters. The van der Waals surface area contributed by atoms with Gasteiger partial charge in [-0.25, -0.2) is 4.39 Å². The van der Waals surface area contributed by atoms with Crippen molar-refractivity contribution in [1.29, 1.82) is 0 Å². The van der Waals surface area contributed by atoms with E-state index >= 15 is 0 Å². The second kappa shape index (κ2) is 23.5. The molecule has 6 aromatic carbocycles. The quantitative estimate of drug-likeness (QED) is 0.0564. The summed E-state index contributed by atoms with van der Waals surface area (Å²) in [6.07, 6.45) is 1.74. The Kier molecular flexibility index (Phi) is 16.5. The zero-order valence-corrected chi connectivity index (χ0v) is 43.0. The lowest BCUT2D eigenvalue weighted by molar-refractivity contribution is 0.0755. The molecule has 0 aliphatic carbocycles. The van der Waals surface area contributed by atoms with Gasteiger partial charge in [0.25, 0.3) is 0 Å². The summed E-state index contributed by atoms with van der Waals surface area (Å²) in [5.41, 5.74) is 3.57. The average molecular weight is 1040 g/mol. The standard InChI is InChI=1S/C30H30FNO4S.C29H27F2NO4S/c1-19-4-10-25(20(2)14-19)28(34)30-29(26-11-5-22(33)15-27(26)37-30)36-24-8-6-23(7-9-24)35-13-3-12-32-17-21(16-31)18-32;1-18-3-4-20(31)13-25(18)27(34)29-28(24-10-5-21(33)14-26(24)37-29)36-23-8-6-22(7-9-23)35-12-2-11-32-16-19(15-30)17-32/h4-11,14-15,21,33H,3,12-13,16-18H2,1-2H3;3-10,13-14,19,33H,2,11-12,15-17H2,1H3. The number of phenols is 2. The van der Waals surface area contributed by atoms with Gasteiger partial charge in [-0.1, -0.05) is 29.8 Å². The number of hydrogen-bond acceptors (Lipinski definition) is 12. The Morgan fingerprint density at radius 3 is 1.47 bits per heavy atom. The topological polar surface area (TPSA) is 118 Å².